The summed E-state index contributed by atoms with van der Waals surface area (Å²) < 4.78 is 0.667. The van der Waals surface area contributed by atoms with Gasteiger partial charge in [-0.15, -0.1) is 0 Å². The maximum Gasteiger partial charge on any atom is 0.239 e. The van der Waals surface area contributed by atoms with E-state index in [4.69, 9.17) is 11.6 Å². The first-order valence-electron chi connectivity index (χ1n) is 4.82. The number of rotatable bonds is 5. The van der Waals surface area contributed by atoms with Gasteiger partial charge in [-0.3, -0.25) is 4.79 Å². The van der Waals surface area contributed by atoms with E-state index in [0.29, 0.717) is 16.8 Å². The minimum Gasteiger partial charge on any atom is -0.360 e. The molecule has 0 radical (unpaired) electrons. The molecule has 88 valence electrons. The number of carbonyl (C=O) groups is 1. The predicted molar refractivity (Wildman–Crippen MR) is 66.5 cm³/mol. The molecule has 0 atom stereocenters. The molecule has 1 aromatic heterocycles. The molecule has 1 rings (SSSR count). The fraction of sp³-hybridized carbons (Fsp3) is 0.444. The van der Waals surface area contributed by atoms with Crippen molar-refractivity contribution in [2.24, 2.45) is 0 Å². The zero-order valence-corrected chi connectivity index (χ0v) is 11.1. The molecule has 0 aromatic carbocycles. The summed E-state index contributed by atoms with van der Waals surface area (Å²) in [6.45, 7) is 2.83. The van der Waals surface area contributed by atoms with Gasteiger partial charge >= 0.3 is 0 Å². The number of amides is 1. The van der Waals surface area contributed by atoms with E-state index in [9.17, 15) is 4.79 Å². The van der Waals surface area contributed by atoms with Crippen molar-refractivity contribution in [1.29, 1.82) is 0 Å². The minimum absolute atomic E-state index is 0.0801. The van der Waals surface area contributed by atoms with Crippen LogP contribution in [-0.4, -0.2) is 29.0 Å². The molecule has 1 heterocycles. The standard InChI is InChI=1S/C9H12BrClN4O/c1-2-3-12-7(16)5-13-8-6(10)4-14-9(11)15-8/h4H,2-3,5H2,1H3,(H,12,16)(H,13,14,15). The summed E-state index contributed by atoms with van der Waals surface area (Å²) in [6.07, 6.45) is 2.44. The third kappa shape index (κ3) is 4.32. The van der Waals surface area contributed by atoms with Crippen molar-refractivity contribution in [2.75, 3.05) is 18.4 Å². The predicted octanol–water partition coefficient (Wildman–Crippen LogP) is 1.83. The van der Waals surface area contributed by atoms with Crippen LogP contribution in [0.3, 0.4) is 0 Å². The summed E-state index contributed by atoms with van der Waals surface area (Å²) in [5.74, 6) is 0.426. The first-order chi connectivity index (χ1) is 7.63. The van der Waals surface area contributed by atoms with E-state index < -0.39 is 0 Å². The van der Waals surface area contributed by atoms with Crippen molar-refractivity contribution in [1.82, 2.24) is 15.3 Å². The molecule has 5 nitrogen and oxygen atoms in total. The molecule has 16 heavy (non-hydrogen) atoms. The summed E-state index contributed by atoms with van der Waals surface area (Å²) in [6, 6.07) is 0. The Hall–Kier alpha value is -0.880. The highest BCUT2D eigenvalue weighted by Crippen LogP contribution is 2.19. The number of nitrogens with one attached hydrogen (secondary N) is 2. The van der Waals surface area contributed by atoms with E-state index in [0.717, 1.165) is 6.42 Å². The molecule has 7 heteroatoms. The van der Waals surface area contributed by atoms with Crippen molar-refractivity contribution < 1.29 is 4.79 Å². The Bertz CT molecular complexity index is 375. The number of hydrogen-bond acceptors (Lipinski definition) is 4. The summed E-state index contributed by atoms with van der Waals surface area (Å²) in [4.78, 5) is 19.0. The molecule has 0 bridgehead atoms. The van der Waals surface area contributed by atoms with Gasteiger partial charge in [-0.25, -0.2) is 4.98 Å². The smallest absolute Gasteiger partial charge is 0.239 e. The topological polar surface area (TPSA) is 66.9 Å². The van der Waals surface area contributed by atoms with Gasteiger partial charge in [0.05, 0.1) is 11.0 Å². The second-order valence-corrected chi connectivity index (χ2v) is 4.23. The molecular weight excluding hydrogens is 295 g/mol. The van der Waals surface area contributed by atoms with Gasteiger partial charge in [-0.1, -0.05) is 6.92 Å². The zero-order chi connectivity index (χ0) is 12.0. The third-order valence-corrected chi connectivity index (χ3v) is 2.47. The second-order valence-electron chi connectivity index (χ2n) is 3.04. The first kappa shape index (κ1) is 13.2. The van der Waals surface area contributed by atoms with Crippen molar-refractivity contribution in [3.8, 4) is 0 Å². The maximum atomic E-state index is 11.3. The van der Waals surface area contributed by atoms with Gasteiger partial charge in [0, 0.05) is 12.7 Å². The summed E-state index contributed by atoms with van der Waals surface area (Å²) in [7, 11) is 0. The summed E-state index contributed by atoms with van der Waals surface area (Å²) in [5.41, 5.74) is 0. The normalized spacial score (nSPS) is 9.94. The Balaban J connectivity index is 2.47. The molecule has 2 N–H and O–H groups in total. The van der Waals surface area contributed by atoms with Crippen LogP contribution in [-0.2, 0) is 4.79 Å². The average Bonchev–Trinajstić information content (AvgIpc) is 2.27. The van der Waals surface area contributed by atoms with Crippen LogP contribution < -0.4 is 10.6 Å². The van der Waals surface area contributed by atoms with Crippen molar-refractivity contribution in [3.05, 3.63) is 16.0 Å². The average molecular weight is 308 g/mol. The second kappa shape index (κ2) is 6.65. The number of carbonyl (C=O) groups excluding carboxylic acids is 1. The summed E-state index contributed by atoms with van der Waals surface area (Å²) in [5, 5.41) is 5.75. The van der Waals surface area contributed by atoms with Gasteiger partial charge in [0.25, 0.3) is 0 Å². The van der Waals surface area contributed by atoms with E-state index in [1.807, 2.05) is 6.92 Å². The molecule has 0 aliphatic carbocycles. The van der Waals surface area contributed by atoms with Crippen LogP contribution in [0, 0.1) is 0 Å². The third-order valence-electron chi connectivity index (χ3n) is 1.70. The van der Waals surface area contributed by atoms with E-state index in [1.165, 1.54) is 6.20 Å². The van der Waals surface area contributed by atoms with Gasteiger partial charge in [-0.2, -0.15) is 4.98 Å². The lowest BCUT2D eigenvalue weighted by molar-refractivity contribution is -0.119. The highest BCUT2D eigenvalue weighted by Gasteiger charge is 2.05. The lowest BCUT2D eigenvalue weighted by Gasteiger charge is -2.07. The Morgan fingerprint density at radius 2 is 2.38 bits per heavy atom. The van der Waals surface area contributed by atoms with Crippen LogP contribution >= 0.6 is 27.5 Å². The van der Waals surface area contributed by atoms with Gasteiger partial charge in [0.2, 0.25) is 11.2 Å². The molecule has 0 aliphatic rings. The highest BCUT2D eigenvalue weighted by atomic mass is 79.9. The molecular formula is C9H12BrClN4O. The van der Waals surface area contributed by atoms with E-state index in [2.05, 4.69) is 36.5 Å². The number of hydrogen-bond donors (Lipinski definition) is 2. The quantitative estimate of drug-likeness (QED) is 0.815. The van der Waals surface area contributed by atoms with Gasteiger partial charge in [0.15, 0.2) is 0 Å². The van der Waals surface area contributed by atoms with Crippen LogP contribution in [0.15, 0.2) is 10.7 Å². The lowest BCUT2D eigenvalue weighted by atomic mass is 10.4. The van der Waals surface area contributed by atoms with Gasteiger partial charge in [-0.05, 0) is 34.0 Å². The van der Waals surface area contributed by atoms with Crippen LogP contribution in [0.4, 0.5) is 5.82 Å². The number of halogens is 2. The maximum absolute atomic E-state index is 11.3. The Labute approximate surface area is 107 Å². The van der Waals surface area contributed by atoms with Crippen molar-refractivity contribution in [2.45, 2.75) is 13.3 Å². The van der Waals surface area contributed by atoms with E-state index in [1.54, 1.807) is 0 Å². The molecule has 0 unspecified atom stereocenters. The molecule has 0 fully saturated rings. The lowest BCUT2D eigenvalue weighted by Crippen LogP contribution is -2.30. The molecule has 0 saturated carbocycles. The van der Waals surface area contributed by atoms with Gasteiger partial charge < -0.3 is 10.6 Å². The molecule has 0 spiro atoms. The fourth-order valence-electron chi connectivity index (χ4n) is 0.960. The van der Waals surface area contributed by atoms with Crippen molar-refractivity contribution in [3.63, 3.8) is 0 Å². The SMILES string of the molecule is CCCNC(=O)CNc1nc(Cl)ncc1Br. The number of anilines is 1. The zero-order valence-electron chi connectivity index (χ0n) is 8.76. The number of nitrogens with zero attached hydrogens (tertiary/aromatic N) is 2. The molecule has 0 saturated heterocycles. The molecule has 1 amide bonds. The van der Waals surface area contributed by atoms with Gasteiger partial charge in [0.1, 0.15) is 5.82 Å². The molecule has 1 aromatic rings. The van der Waals surface area contributed by atoms with Crippen LogP contribution in [0.2, 0.25) is 5.28 Å². The van der Waals surface area contributed by atoms with Crippen molar-refractivity contribution >= 4 is 39.3 Å². The largest absolute Gasteiger partial charge is 0.360 e. The fourth-order valence-corrected chi connectivity index (χ4v) is 1.43. The summed E-state index contributed by atoms with van der Waals surface area (Å²) >= 11 is 8.89. The van der Waals surface area contributed by atoms with Crippen LogP contribution in [0.1, 0.15) is 13.3 Å². The molecule has 0 aliphatic heterocycles. The first-order valence-corrected chi connectivity index (χ1v) is 5.99. The monoisotopic (exact) mass is 306 g/mol. The van der Waals surface area contributed by atoms with E-state index in [-0.39, 0.29) is 17.7 Å². The number of aromatic nitrogens is 2. The van der Waals surface area contributed by atoms with E-state index >= 15 is 0 Å². The Kier molecular flexibility index (Phi) is 5.48. The van der Waals surface area contributed by atoms with Crippen LogP contribution in [0.25, 0.3) is 0 Å². The Morgan fingerprint density at radius 1 is 1.62 bits per heavy atom. The highest BCUT2D eigenvalue weighted by molar-refractivity contribution is 9.10. The Morgan fingerprint density at radius 3 is 3.06 bits per heavy atom. The van der Waals surface area contributed by atoms with Crippen LogP contribution in [0.5, 0.6) is 0 Å². The minimum atomic E-state index is -0.0801.